The van der Waals surface area contributed by atoms with Gasteiger partial charge in [-0.1, -0.05) is 22.5 Å². The van der Waals surface area contributed by atoms with Crippen LogP contribution >= 0.6 is 0 Å². The van der Waals surface area contributed by atoms with Crippen molar-refractivity contribution in [3.8, 4) is 6.19 Å². The number of fused-ring (bicyclic) bond motifs is 1. The Hall–Kier alpha value is -1.42. The van der Waals surface area contributed by atoms with Gasteiger partial charge in [-0.05, 0) is 12.1 Å². The molecule has 15 heavy (non-hydrogen) atoms. The number of para-hydroxylation sites is 2. The van der Waals surface area contributed by atoms with Crippen molar-refractivity contribution in [2.45, 2.75) is 0 Å². The molecule has 0 fully saturated rings. The zero-order chi connectivity index (χ0) is 9.80. The van der Waals surface area contributed by atoms with E-state index < -0.39 is 0 Å². The summed E-state index contributed by atoms with van der Waals surface area (Å²) in [5.41, 5.74) is 3.35. The fourth-order valence-electron chi connectivity index (χ4n) is 0.993. The molecule has 0 bridgehead atoms. The quantitative estimate of drug-likeness (QED) is 0.224. The first kappa shape index (κ1) is 11.7. The van der Waals surface area contributed by atoms with Crippen LogP contribution in [0.5, 0.6) is 0 Å². The van der Waals surface area contributed by atoms with E-state index in [1.54, 1.807) is 18.3 Å². The Morgan fingerprint density at radius 1 is 1.40 bits per heavy atom. The largest absolute Gasteiger partial charge is 1.00 e. The van der Waals surface area contributed by atoms with Gasteiger partial charge in [-0.25, -0.2) is 0 Å². The van der Waals surface area contributed by atoms with Crippen LogP contribution in [0.3, 0.4) is 0 Å². The van der Waals surface area contributed by atoms with Crippen LogP contribution in [0.25, 0.3) is 11.1 Å². The number of oxazole rings is 1. The summed E-state index contributed by atoms with van der Waals surface area (Å²) in [6, 6.07) is 7.38. The van der Waals surface area contributed by atoms with Crippen LogP contribution in [0.1, 0.15) is 0 Å². The van der Waals surface area contributed by atoms with E-state index in [9.17, 15) is 0 Å². The van der Waals surface area contributed by atoms with Crippen molar-refractivity contribution >= 4 is 17.1 Å². The van der Waals surface area contributed by atoms with E-state index in [1.165, 1.54) is 0 Å². The van der Waals surface area contributed by atoms with Crippen LogP contribution in [0.4, 0.5) is 6.01 Å². The molecular weight excluding hydrogens is 205 g/mol. The Morgan fingerprint density at radius 2 is 2.20 bits per heavy atom. The van der Waals surface area contributed by atoms with Gasteiger partial charge in [0.15, 0.2) is 11.8 Å². The van der Waals surface area contributed by atoms with Gasteiger partial charge in [0.05, 0.1) is 0 Å². The van der Waals surface area contributed by atoms with Crippen molar-refractivity contribution in [3.63, 3.8) is 0 Å². The molecule has 7 heteroatoms. The minimum Gasteiger partial charge on any atom is -0.421 e. The second-order valence-corrected chi connectivity index (χ2v) is 2.39. The summed E-state index contributed by atoms with van der Waals surface area (Å²) >= 11 is 0. The van der Waals surface area contributed by atoms with Gasteiger partial charge < -0.3 is 4.42 Å². The molecule has 2 aromatic rings. The molecule has 1 aromatic heterocycles. The molecule has 0 radical (unpaired) electrons. The number of aromatic nitrogens is 1. The van der Waals surface area contributed by atoms with Gasteiger partial charge in [0, 0.05) is 0 Å². The molecule has 0 spiro atoms. The third-order valence-electron chi connectivity index (χ3n) is 1.52. The molecule has 0 amide bonds. The maximum absolute atomic E-state index is 8.12. The van der Waals surface area contributed by atoms with E-state index in [4.69, 9.17) is 9.68 Å². The average Bonchev–Trinajstić information content (AvgIpc) is 2.60. The predicted molar refractivity (Wildman–Crippen MR) is 47.3 cm³/mol. The molecule has 1 aromatic carbocycles. The molecule has 0 atom stereocenters. The fraction of sp³-hybridized carbons (Fsp3) is 0. The summed E-state index contributed by atoms with van der Waals surface area (Å²) in [5.74, 6) is 0. The Labute approximate surface area is 107 Å². The van der Waals surface area contributed by atoms with Crippen molar-refractivity contribution in [3.05, 3.63) is 24.3 Å². The predicted octanol–water partition coefficient (Wildman–Crippen LogP) is -1.10. The molecule has 0 aliphatic heterocycles. The molecule has 68 valence electrons. The van der Waals surface area contributed by atoms with Crippen molar-refractivity contribution in [2.24, 2.45) is 10.3 Å². The third kappa shape index (κ3) is 2.76. The van der Waals surface area contributed by atoms with Gasteiger partial charge in [0.25, 0.3) is 0 Å². The van der Waals surface area contributed by atoms with E-state index in [1.807, 2.05) is 17.6 Å². The first-order chi connectivity index (χ1) is 6.90. The van der Waals surface area contributed by atoms with Gasteiger partial charge >= 0.3 is 35.6 Å². The molecule has 0 aliphatic rings. The molecule has 0 aliphatic carbocycles. The van der Waals surface area contributed by atoms with Crippen LogP contribution in [-0.2, 0) is 0 Å². The summed E-state index contributed by atoms with van der Waals surface area (Å²) < 4.78 is 5.19. The second-order valence-electron chi connectivity index (χ2n) is 2.39. The summed E-state index contributed by atoms with van der Waals surface area (Å²) in [5, 5.41) is 15.0. The molecule has 1 N–H and O–H groups in total. The normalized spacial score (nSPS) is 9.80. The van der Waals surface area contributed by atoms with Gasteiger partial charge in [-0.2, -0.15) is 15.7 Å². The molecular formula is C8H5N5NaO+. The monoisotopic (exact) mass is 210 g/mol. The number of nitrogens with one attached hydrogen (secondary N) is 1. The summed E-state index contributed by atoms with van der Waals surface area (Å²) in [4.78, 5) is 4.01. The molecule has 0 unspecified atom stereocenters. The third-order valence-corrected chi connectivity index (χ3v) is 1.52. The molecule has 6 nitrogen and oxygen atoms in total. The van der Waals surface area contributed by atoms with Crippen molar-refractivity contribution in [2.75, 3.05) is 0 Å². The smallest absolute Gasteiger partial charge is 0.421 e. The van der Waals surface area contributed by atoms with Crippen molar-refractivity contribution in [1.82, 2.24) is 10.4 Å². The van der Waals surface area contributed by atoms with Crippen molar-refractivity contribution in [1.29, 1.82) is 5.26 Å². The number of hydrogen-bond acceptors (Lipinski definition) is 5. The minimum absolute atomic E-state index is 0. The Bertz CT molecular complexity index is 482. The zero-order valence-electron chi connectivity index (χ0n) is 8.01. The standard InChI is InChI=1S/C8H5N5O.Na/c9-5-10-13-12-8-11-6-3-1-2-4-7(6)14-8;/h1-4H,(H,10,11,12);/q;+1. The van der Waals surface area contributed by atoms with E-state index >= 15 is 0 Å². The van der Waals surface area contributed by atoms with Crippen LogP contribution in [0, 0.1) is 11.5 Å². The van der Waals surface area contributed by atoms with Gasteiger partial charge in [-0.3, -0.25) is 0 Å². The second kappa shape index (κ2) is 5.46. The number of nitriles is 1. The number of hydrogen-bond donors (Lipinski definition) is 1. The number of nitrogens with zero attached hydrogens (tertiary/aromatic N) is 4. The summed E-state index contributed by atoms with van der Waals surface area (Å²) in [6.45, 7) is 0. The van der Waals surface area contributed by atoms with E-state index in [2.05, 4.69) is 15.3 Å². The van der Waals surface area contributed by atoms with Crippen LogP contribution in [-0.4, -0.2) is 4.98 Å². The van der Waals surface area contributed by atoms with Crippen molar-refractivity contribution < 1.29 is 34.0 Å². The SMILES string of the molecule is N#CN/N=N\c1nc2ccccc2o1.[Na+]. The topological polar surface area (TPSA) is 86.6 Å². The molecule has 1 heterocycles. The van der Waals surface area contributed by atoms with Gasteiger partial charge in [-0.15, -0.1) is 0 Å². The van der Waals surface area contributed by atoms with Crippen LogP contribution < -0.4 is 35.0 Å². The Morgan fingerprint density at radius 3 is 2.93 bits per heavy atom. The zero-order valence-corrected chi connectivity index (χ0v) is 10.0. The van der Waals surface area contributed by atoms with E-state index in [0.717, 1.165) is 0 Å². The summed E-state index contributed by atoms with van der Waals surface area (Å²) in [6.07, 6.45) is 1.59. The minimum atomic E-state index is 0. The van der Waals surface area contributed by atoms with Gasteiger partial charge in [0.1, 0.15) is 5.52 Å². The number of rotatable bonds is 2. The molecule has 2 rings (SSSR count). The first-order valence-corrected chi connectivity index (χ1v) is 3.80. The van der Waals surface area contributed by atoms with E-state index in [-0.39, 0.29) is 35.6 Å². The van der Waals surface area contributed by atoms with E-state index in [0.29, 0.717) is 11.1 Å². The first-order valence-electron chi connectivity index (χ1n) is 3.80. The maximum Gasteiger partial charge on any atom is 1.00 e. The maximum atomic E-state index is 8.12. The van der Waals surface area contributed by atoms with Crippen LogP contribution in [0.15, 0.2) is 39.0 Å². The Kier molecular flexibility index (Phi) is 4.24. The average molecular weight is 210 g/mol. The van der Waals surface area contributed by atoms with Crippen LogP contribution in [0.2, 0.25) is 0 Å². The number of benzene rings is 1. The molecule has 0 saturated carbocycles. The Balaban J connectivity index is 0.00000112. The molecule has 0 saturated heterocycles. The van der Waals surface area contributed by atoms with Gasteiger partial charge in [0.2, 0.25) is 0 Å². The fourth-order valence-corrected chi connectivity index (χ4v) is 0.993. The summed E-state index contributed by atoms with van der Waals surface area (Å²) in [7, 11) is 0.